The zero-order valence-corrected chi connectivity index (χ0v) is 11.7. The molecule has 0 saturated carbocycles. The number of aliphatic hydroxyl groups is 1. The fourth-order valence-corrected chi connectivity index (χ4v) is 2.24. The Labute approximate surface area is 117 Å². The molecule has 7 heteroatoms. The van der Waals surface area contributed by atoms with Crippen LogP contribution in [0.1, 0.15) is 18.1 Å². The monoisotopic (exact) mass is 334 g/mol. The number of benzene rings is 1. The van der Waals surface area contributed by atoms with Gasteiger partial charge in [-0.25, -0.2) is 9.18 Å². The van der Waals surface area contributed by atoms with E-state index in [1.165, 1.54) is 6.07 Å². The van der Waals surface area contributed by atoms with Crippen LogP contribution >= 0.6 is 15.9 Å². The van der Waals surface area contributed by atoms with Crippen LogP contribution in [0, 0.1) is 5.82 Å². The highest BCUT2D eigenvalue weighted by atomic mass is 79.9. The minimum Gasteiger partial charge on any atom is -0.490 e. The van der Waals surface area contributed by atoms with Crippen molar-refractivity contribution >= 4 is 21.9 Å². The van der Waals surface area contributed by atoms with Crippen LogP contribution in [0.4, 0.5) is 4.39 Å². The summed E-state index contributed by atoms with van der Waals surface area (Å²) in [5, 5.41) is 9.73. The fraction of sp³-hybridized carbons (Fsp3) is 0.417. The van der Waals surface area contributed by atoms with Gasteiger partial charge in [-0.05, 0) is 22.0 Å². The van der Waals surface area contributed by atoms with E-state index >= 15 is 0 Å². The van der Waals surface area contributed by atoms with Crippen molar-refractivity contribution in [3.8, 4) is 11.5 Å². The van der Waals surface area contributed by atoms with Gasteiger partial charge in [-0.2, -0.15) is 0 Å². The van der Waals surface area contributed by atoms with Crippen LogP contribution in [0.3, 0.4) is 0 Å². The molecule has 2 rings (SSSR count). The average Bonchev–Trinajstić information content (AvgIpc) is 2.66. The molecule has 1 aromatic carbocycles. The lowest BCUT2D eigenvalue weighted by Gasteiger charge is -2.15. The Morgan fingerprint density at radius 3 is 2.89 bits per heavy atom. The van der Waals surface area contributed by atoms with Crippen molar-refractivity contribution in [1.82, 2.24) is 0 Å². The van der Waals surface area contributed by atoms with Gasteiger partial charge in [0.1, 0.15) is 5.82 Å². The zero-order valence-electron chi connectivity index (χ0n) is 10.1. The molecule has 1 unspecified atom stereocenters. The van der Waals surface area contributed by atoms with E-state index in [1.807, 2.05) is 0 Å². The van der Waals surface area contributed by atoms with Crippen molar-refractivity contribution in [3.63, 3.8) is 0 Å². The number of aliphatic hydroxyl groups excluding tert-OH is 1. The summed E-state index contributed by atoms with van der Waals surface area (Å²) in [6, 6.07) is 1.25. The molecular weight excluding hydrogens is 323 g/mol. The lowest BCUT2D eigenvalue weighted by Crippen LogP contribution is -2.15. The summed E-state index contributed by atoms with van der Waals surface area (Å²) in [5.74, 6) is -1.21. The number of esters is 1. The van der Waals surface area contributed by atoms with Gasteiger partial charge in [-0.3, -0.25) is 0 Å². The predicted molar refractivity (Wildman–Crippen MR) is 66.7 cm³/mol. The second-order valence-corrected chi connectivity index (χ2v) is 4.69. The molecule has 0 spiro atoms. The van der Waals surface area contributed by atoms with Crippen LogP contribution in [0.5, 0.6) is 11.5 Å². The van der Waals surface area contributed by atoms with Crippen molar-refractivity contribution in [3.05, 3.63) is 21.9 Å². The molecule has 0 amide bonds. The SMILES string of the molecule is COC(=O)C(O)c1cc2c(c(Br)c1F)OCCCO2. The largest absolute Gasteiger partial charge is 0.490 e. The number of rotatable bonds is 2. The molecule has 1 aromatic rings. The number of halogens is 2. The Kier molecular flexibility index (Phi) is 4.26. The molecule has 0 aromatic heterocycles. The number of carbonyl (C=O) groups excluding carboxylic acids is 1. The summed E-state index contributed by atoms with van der Waals surface area (Å²) in [6.45, 7) is 0.822. The molecule has 0 aliphatic carbocycles. The number of carbonyl (C=O) groups is 1. The van der Waals surface area contributed by atoms with Crippen molar-refractivity contribution in [1.29, 1.82) is 0 Å². The third-order valence-electron chi connectivity index (χ3n) is 2.67. The van der Waals surface area contributed by atoms with E-state index in [9.17, 15) is 14.3 Å². The Morgan fingerprint density at radius 1 is 1.53 bits per heavy atom. The summed E-state index contributed by atoms with van der Waals surface area (Å²) in [7, 11) is 1.11. The van der Waals surface area contributed by atoms with Crippen LogP contribution in [0.2, 0.25) is 0 Å². The summed E-state index contributed by atoms with van der Waals surface area (Å²) < 4.78 is 29.3. The minimum absolute atomic E-state index is 0.0184. The maximum atomic E-state index is 14.1. The molecule has 0 bridgehead atoms. The number of hydrogen-bond donors (Lipinski definition) is 1. The minimum atomic E-state index is -1.71. The van der Waals surface area contributed by atoms with E-state index in [1.54, 1.807) is 0 Å². The summed E-state index contributed by atoms with van der Waals surface area (Å²) in [6.07, 6.45) is -1.05. The Hall–Kier alpha value is -1.34. The average molecular weight is 335 g/mol. The number of methoxy groups -OCH3 is 1. The Bertz CT molecular complexity index is 505. The second kappa shape index (κ2) is 5.75. The first-order chi connectivity index (χ1) is 9.06. The smallest absolute Gasteiger partial charge is 0.339 e. The van der Waals surface area contributed by atoms with Crippen molar-refractivity contribution in [2.45, 2.75) is 12.5 Å². The number of hydrogen-bond acceptors (Lipinski definition) is 5. The van der Waals surface area contributed by atoms with Crippen LogP contribution in [-0.4, -0.2) is 31.4 Å². The highest BCUT2D eigenvalue weighted by molar-refractivity contribution is 9.10. The first-order valence-corrected chi connectivity index (χ1v) is 6.39. The van der Waals surface area contributed by atoms with Gasteiger partial charge in [0.05, 0.1) is 24.8 Å². The van der Waals surface area contributed by atoms with E-state index in [0.29, 0.717) is 19.6 Å². The standard InChI is InChI=1S/C12H12BrFO5/c1-17-12(16)10(15)6-5-7-11(8(13)9(6)14)19-4-2-3-18-7/h5,10,15H,2-4H2,1H3. The van der Waals surface area contributed by atoms with E-state index in [0.717, 1.165) is 7.11 Å². The van der Waals surface area contributed by atoms with Crippen LogP contribution in [-0.2, 0) is 9.53 Å². The normalized spacial score (nSPS) is 15.6. The van der Waals surface area contributed by atoms with E-state index in [4.69, 9.17) is 9.47 Å². The molecule has 1 heterocycles. The molecular formula is C12H12BrFO5. The first-order valence-electron chi connectivity index (χ1n) is 5.59. The lowest BCUT2D eigenvalue weighted by atomic mass is 10.1. The van der Waals surface area contributed by atoms with Crippen molar-refractivity contribution in [2.24, 2.45) is 0 Å². The van der Waals surface area contributed by atoms with Crippen LogP contribution in [0.15, 0.2) is 10.5 Å². The maximum Gasteiger partial charge on any atom is 0.339 e. The topological polar surface area (TPSA) is 65.0 Å². The summed E-state index contributed by atoms with van der Waals surface area (Å²) in [5.41, 5.74) is -0.219. The molecule has 1 atom stereocenters. The van der Waals surface area contributed by atoms with E-state index in [-0.39, 0.29) is 21.5 Å². The van der Waals surface area contributed by atoms with Gasteiger partial charge in [0.15, 0.2) is 17.6 Å². The van der Waals surface area contributed by atoms with Gasteiger partial charge >= 0.3 is 5.97 Å². The highest BCUT2D eigenvalue weighted by Gasteiger charge is 2.28. The number of fused-ring (bicyclic) bond motifs is 1. The third-order valence-corrected chi connectivity index (χ3v) is 3.38. The molecule has 1 aliphatic rings. The molecule has 19 heavy (non-hydrogen) atoms. The molecule has 5 nitrogen and oxygen atoms in total. The lowest BCUT2D eigenvalue weighted by molar-refractivity contribution is -0.150. The Balaban J connectivity index is 2.49. The van der Waals surface area contributed by atoms with Gasteiger partial charge in [-0.15, -0.1) is 0 Å². The predicted octanol–water partition coefficient (Wildman–Crippen LogP) is 1.96. The maximum absolute atomic E-state index is 14.1. The fourth-order valence-electron chi connectivity index (χ4n) is 1.70. The molecule has 1 N–H and O–H groups in total. The molecule has 0 saturated heterocycles. The van der Waals surface area contributed by atoms with Crippen molar-refractivity contribution in [2.75, 3.05) is 20.3 Å². The first kappa shape index (κ1) is 14.1. The van der Waals surface area contributed by atoms with Crippen LogP contribution in [0.25, 0.3) is 0 Å². The summed E-state index contributed by atoms with van der Waals surface area (Å²) >= 11 is 3.05. The van der Waals surface area contributed by atoms with Gasteiger partial charge in [-0.1, -0.05) is 0 Å². The summed E-state index contributed by atoms with van der Waals surface area (Å²) in [4.78, 5) is 11.3. The van der Waals surface area contributed by atoms with E-state index < -0.39 is 17.9 Å². The zero-order chi connectivity index (χ0) is 14.0. The highest BCUT2D eigenvalue weighted by Crippen LogP contribution is 2.42. The molecule has 0 radical (unpaired) electrons. The van der Waals surface area contributed by atoms with Crippen molar-refractivity contribution < 1.29 is 28.5 Å². The quantitative estimate of drug-likeness (QED) is 0.837. The van der Waals surface area contributed by atoms with Gasteiger partial charge in [0.2, 0.25) is 0 Å². The van der Waals surface area contributed by atoms with Gasteiger partial charge in [0, 0.05) is 12.0 Å². The molecule has 1 aliphatic heterocycles. The number of ether oxygens (including phenoxy) is 3. The van der Waals surface area contributed by atoms with Crippen LogP contribution < -0.4 is 9.47 Å². The second-order valence-electron chi connectivity index (χ2n) is 3.90. The van der Waals surface area contributed by atoms with Gasteiger partial charge in [0.25, 0.3) is 0 Å². The molecule has 104 valence electrons. The Morgan fingerprint density at radius 2 is 2.21 bits per heavy atom. The third kappa shape index (κ3) is 2.66. The van der Waals surface area contributed by atoms with Gasteiger partial charge < -0.3 is 19.3 Å². The molecule has 0 fully saturated rings. The van der Waals surface area contributed by atoms with E-state index in [2.05, 4.69) is 20.7 Å².